The van der Waals surface area contributed by atoms with E-state index in [0.717, 1.165) is 25.7 Å². The van der Waals surface area contributed by atoms with Crippen LogP contribution in [-0.2, 0) is 11.8 Å². The van der Waals surface area contributed by atoms with Crippen LogP contribution in [0.1, 0.15) is 25.7 Å². The highest BCUT2D eigenvalue weighted by Crippen LogP contribution is 2.28. The zero-order valence-corrected chi connectivity index (χ0v) is 8.86. The third kappa shape index (κ3) is 1.87. The highest BCUT2D eigenvalue weighted by atomic mass is 16.2. The maximum absolute atomic E-state index is 11.9. The Kier molecular flexibility index (Phi) is 2.48. The van der Waals surface area contributed by atoms with Gasteiger partial charge in [-0.3, -0.25) is 9.48 Å². The molecule has 1 aliphatic carbocycles. The predicted molar refractivity (Wildman–Crippen MR) is 57.2 cm³/mol. The van der Waals surface area contributed by atoms with Gasteiger partial charge < -0.3 is 11.1 Å². The van der Waals surface area contributed by atoms with Crippen molar-refractivity contribution in [3.63, 3.8) is 0 Å². The second-order valence-electron chi connectivity index (χ2n) is 4.16. The first kappa shape index (κ1) is 10.2. The van der Waals surface area contributed by atoms with Gasteiger partial charge in [-0.15, -0.1) is 0 Å². The van der Waals surface area contributed by atoms with E-state index in [1.165, 1.54) is 0 Å². The zero-order chi connectivity index (χ0) is 10.9. The molecule has 0 aromatic carbocycles. The van der Waals surface area contributed by atoms with Gasteiger partial charge >= 0.3 is 0 Å². The lowest BCUT2D eigenvalue weighted by molar-refractivity contribution is -0.121. The summed E-state index contributed by atoms with van der Waals surface area (Å²) in [4.78, 5) is 11.9. The fourth-order valence-corrected chi connectivity index (χ4v) is 1.97. The van der Waals surface area contributed by atoms with Crippen LogP contribution in [0.4, 0.5) is 5.82 Å². The number of aromatic nitrogens is 2. The first-order valence-electron chi connectivity index (χ1n) is 5.20. The Morgan fingerprint density at radius 1 is 1.60 bits per heavy atom. The predicted octanol–water partition coefficient (Wildman–Crippen LogP) is 0.630. The second-order valence-corrected chi connectivity index (χ2v) is 4.16. The number of rotatable bonds is 2. The second kappa shape index (κ2) is 3.66. The Bertz CT molecular complexity index is 365. The maximum Gasteiger partial charge on any atom is 0.245 e. The van der Waals surface area contributed by atoms with Gasteiger partial charge in [-0.2, -0.15) is 5.10 Å². The molecule has 15 heavy (non-hydrogen) atoms. The zero-order valence-electron chi connectivity index (χ0n) is 8.86. The molecule has 0 unspecified atom stereocenters. The average molecular weight is 208 g/mol. The van der Waals surface area contributed by atoms with Crippen molar-refractivity contribution >= 4 is 11.7 Å². The van der Waals surface area contributed by atoms with Gasteiger partial charge in [0.2, 0.25) is 5.91 Å². The van der Waals surface area contributed by atoms with E-state index in [2.05, 4.69) is 10.4 Å². The molecule has 0 saturated heterocycles. The van der Waals surface area contributed by atoms with Crippen molar-refractivity contribution in [3.05, 3.63) is 12.3 Å². The summed E-state index contributed by atoms with van der Waals surface area (Å²) in [6.07, 6.45) is 5.27. The van der Waals surface area contributed by atoms with Gasteiger partial charge in [0, 0.05) is 13.1 Å². The monoisotopic (exact) mass is 208 g/mol. The molecule has 0 spiro atoms. The van der Waals surface area contributed by atoms with E-state index in [4.69, 9.17) is 5.73 Å². The Morgan fingerprint density at radius 2 is 2.27 bits per heavy atom. The largest absolute Gasteiger partial charge is 0.317 e. The summed E-state index contributed by atoms with van der Waals surface area (Å²) in [5, 5.41) is 6.79. The minimum Gasteiger partial charge on any atom is -0.317 e. The molecule has 1 aromatic heterocycles. The van der Waals surface area contributed by atoms with E-state index in [0.29, 0.717) is 5.82 Å². The summed E-state index contributed by atoms with van der Waals surface area (Å²) in [7, 11) is 1.79. The molecule has 82 valence electrons. The van der Waals surface area contributed by atoms with Crippen molar-refractivity contribution in [2.24, 2.45) is 12.8 Å². The maximum atomic E-state index is 11.9. The standard InChI is InChI=1S/C10H16N4O/c1-14-8(4-7-12-14)13-9(15)10(11)5-2-3-6-10/h4,7H,2-3,5-6,11H2,1H3,(H,13,15). The molecule has 1 aliphatic rings. The van der Waals surface area contributed by atoms with Gasteiger partial charge in [0.15, 0.2) is 0 Å². The van der Waals surface area contributed by atoms with E-state index in [9.17, 15) is 4.79 Å². The van der Waals surface area contributed by atoms with Crippen LogP contribution >= 0.6 is 0 Å². The minimum atomic E-state index is -0.676. The number of nitrogens with zero attached hydrogens (tertiary/aromatic N) is 2. The molecule has 0 radical (unpaired) electrons. The lowest BCUT2D eigenvalue weighted by atomic mass is 9.98. The van der Waals surface area contributed by atoms with Crippen LogP contribution in [0.25, 0.3) is 0 Å². The first-order valence-corrected chi connectivity index (χ1v) is 5.20. The SMILES string of the molecule is Cn1nccc1NC(=O)C1(N)CCCC1. The van der Waals surface area contributed by atoms with Crippen molar-refractivity contribution in [2.45, 2.75) is 31.2 Å². The average Bonchev–Trinajstić information content (AvgIpc) is 2.78. The summed E-state index contributed by atoms with van der Waals surface area (Å²) in [5.74, 6) is 0.598. The molecule has 5 nitrogen and oxygen atoms in total. The smallest absolute Gasteiger partial charge is 0.245 e. The molecule has 5 heteroatoms. The van der Waals surface area contributed by atoms with Crippen LogP contribution < -0.4 is 11.1 Å². The third-order valence-corrected chi connectivity index (χ3v) is 3.01. The van der Waals surface area contributed by atoms with E-state index < -0.39 is 5.54 Å². The molecule has 1 aromatic rings. The third-order valence-electron chi connectivity index (χ3n) is 3.01. The van der Waals surface area contributed by atoms with Gasteiger partial charge in [-0.1, -0.05) is 12.8 Å². The lowest BCUT2D eigenvalue weighted by Gasteiger charge is -2.21. The van der Waals surface area contributed by atoms with Crippen LogP contribution in [0.3, 0.4) is 0 Å². The number of anilines is 1. The number of amides is 1. The Hall–Kier alpha value is -1.36. The number of aryl methyl sites for hydroxylation is 1. The molecule has 0 aliphatic heterocycles. The molecular formula is C10H16N4O. The lowest BCUT2D eigenvalue weighted by Crippen LogP contribution is -2.48. The van der Waals surface area contributed by atoms with Crippen LogP contribution in [0.5, 0.6) is 0 Å². The molecule has 0 atom stereocenters. The first-order chi connectivity index (χ1) is 7.12. The number of hydrogen-bond acceptors (Lipinski definition) is 3. The van der Waals surface area contributed by atoms with Crippen LogP contribution in [-0.4, -0.2) is 21.2 Å². The Labute approximate surface area is 88.6 Å². The summed E-state index contributed by atoms with van der Waals surface area (Å²) in [6, 6.07) is 1.76. The Morgan fingerprint density at radius 3 is 2.80 bits per heavy atom. The number of carbonyl (C=O) groups excluding carboxylic acids is 1. The molecule has 1 amide bonds. The molecular weight excluding hydrogens is 192 g/mol. The summed E-state index contributed by atoms with van der Waals surface area (Å²) in [5.41, 5.74) is 5.35. The normalized spacial score (nSPS) is 19.1. The highest BCUT2D eigenvalue weighted by Gasteiger charge is 2.37. The molecule has 2 rings (SSSR count). The van der Waals surface area contributed by atoms with Gasteiger partial charge in [0.05, 0.1) is 11.7 Å². The summed E-state index contributed by atoms with van der Waals surface area (Å²) in [6.45, 7) is 0. The highest BCUT2D eigenvalue weighted by molar-refractivity contribution is 5.97. The molecule has 1 fully saturated rings. The van der Waals surface area contributed by atoms with E-state index in [-0.39, 0.29) is 5.91 Å². The van der Waals surface area contributed by atoms with Gasteiger partial charge in [-0.25, -0.2) is 0 Å². The quantitative estimate of drug-likeness (QED) is 0.748. The molecule has 0 bridgehead atoms. The molecule has 3 N–H and O–H groups in total. The topological polar surface area (TPSA) is 72.9 Å². The summed E-state index contributed by atoms with van der Waals surface area (Å²) < 4.78 is 1.62. The fourth-order valence-electron chi connectivity index (χ4n) is 1.97. The molecule has 1 saturated carbocycles. The molecule has 1 heterocycles. The van der Waals surface area contributed by atoms with Crippen molar-refractivity contribution in [3.8, 4) is 0 Å². The van der Waals surface area contributed by atoms with Crippen LogP contribution in [0, 0.1) is 0 Å². The van der Waals surface area contributed by atoms with Crippen molar-refractivity contribution in [1.82, 2.24) is 9.78 Å². The van der Waals surface area contributed by atoms with Crippen molar-refractivity contribution < 1.29 is 4.79 Å². The minimum absolute atomic E-state index is 0.0939. The van der Waals surface area contributed by atoms with Crippen molar-refractivity contribution in [2.75, 3.05) is 5.32 Å². The van der Waals surface area contributed by atoms with E-state index >= 15 is 0 Å². The number of nitrogens with one attached hydrogen (secondary N) is 1. The van der Waals surface area contributed by atoms with E-state index in [1.54, 1.807) is 24.0 Å². The number of hydrogen-bond donors (Lipinski definition) is 2. The van der Waals surface area contributed by atoms with Crippen LogP contribution in [0.2, 0.25) is 0 Å². The van der Waals surface area contributed by atoms with Gasteiger partial charge in [0.25, 0.3) is 0 Å². The summed E-state index contributed by atoms with van der Waals surface area (Å²) >= 11 is 0. The fraction of sp³-hybridized carbons (Fsp3) is 0.600. The van der Waals surface area contributed by atoms with E-state index in [1.807, 2.05) is 0 Å². The van der Waals surface area contributed by atoms with Gasteiger partial charge in [-0.05, 0) is 12.8 Å². The van der Waals surface area contributed by atoms with Crippen molar-refractivity contribution in [1.29, 1.82) is 0 Å². The Balaban J connectivity index is 2.07. The van der Waals surface area contributed by atoms with Gasteiger partial charge in [0.1, 0.15) is 5.82 Å². The number of carbonyl (C=O) groups is 1. The van der Waals surface area contributed by atoms with Crippen LogP contribution in [0.15, 0.2) is 12.3 Å². The number of nitrogens with two attached hydrogens (primary N) is 1.